The van der Waals surface area contributed by atoms with Crippen LogP contribution in [0.15, 0.2) is 34.8 Å². The minimum absolute atomic E-state index is 0.155. The highest BCUT2D eigenvalue weighted by Crippen LogP contribution is 2.28. The van der Waals surface area contributed by atoms with Crippen molar-refractivity contribution in [2.24, 2.45) is 5.92 Å². The number of aryl methyl sites for hydroxylation is 1. The lowest BCUT2D eigenvalue weighted by Crippen LogP contribution is -2.41. The van der Waals surface area contributed by atoms with E-state index in [-0.39, 0.29) is 5.92 Å². The first-order valence-corrected chi connectivity index (χ1v) is 10.3. The molecule has 0 amide bonds. The van der Waals surface area contributed by atoms with Crippen LogP contribution in [0.25, 0.3) is 0 Å². The van der Waals surface area contributed by atoms with Crippen LogP contribution in [0.5, 0.6) is 6.01 Å². The minimum atomic E-state index is -3.40. The molecule has 2 aromatic heterocycles. The highest BCUT2D eigenvalue weighted by Gasteiger charge is 2.31. The van der Waals surface area contributed by atoms with Gasteiger partial charge in [-0.15, -0.1) is 11.3 Å². The summed E-state index contributed by atoms with van der Waals surface area (Å²) in [5.41, 5.74) is 0. The van der Waals surface area contributed by atoms with Gasteiger partial charge >= 0.3 is 6.01 Å². The Bertz CT molecular complexity index is 762. The van der Waals surface area contributed by atoms with Crippen LogP contribution in [-0.4, -0.2) is 42.4 Å². The normalized spacial score (nSPS) is 19.3. The van der Waals surface area contributed by atoms with Crippen LogP contribution in [0.2, 0.25) is 0 Å². The Labute approximate surface area is 146 Å². The molecule has 8 heteroatoms. The van der Waals surface area contributed by atoms with Gasteiger partial charge in [-0.05, 0) is 37.5 Å². The molecule has 1 atom stereocenters. The molecule has 3 heterocycles. The number of nitrogens with zero attached hydrogens (tertiary/aromatic N) is 3. The minimum Gasteiger partial charge on any atom is -0.463 e. The van der Waals surface area contributed by atoms with E-state index in [0.29, 0.717) is 29.9 Å². The van der Waals surface area contributed by atoms with Crippen molar-refractivity contribution >= 4 is 21.4 Å². The predicted molar refractivity (Wildman–Crippen MR) is 92.7 cm³/mol. The zero-order valence-electron chi connectivity index (χ0n) is 13.6. The first kappa shape index (κ1) is 17.3. The summed E-state index contributed by atoms with van der Waals surface area (Å²) in [5.74, 6) is 0.155. The van der Waals surface area contributed by atoms with E-state index in [1.165, 1.54) is 11.3 Å². The van der Waals surface area contributed by atoms with Gasteiger partial charge in [-0.1, -0.05) is 6.92 Å². The second kappa shape index (κ2) is 7.58. The number of rotatable bonds is 6. The zero-order chi connectivity index (χ0) is 17.0. The van der Waals surface area contributed by atoms with Crippen LogP contribution in [0.3, 0.4) is 0 Å². The van der Waals surface area contributed by atoms with Crippen LogP contribution in [0.4, 0.5) is 0 Å². The average Bonchev–Trinajstić information content (AvgIpc) is 3.11. The molecule has 0 aliphatic carbocycles. The van der Waals surface area contributed by atoms with E-state index in [2.05, 4.69) is 9.97 Å². The molecule has 6 nitrogen and oxygen atoms in total. The second-order valence-electron chi connectivity index (χ2n) is 5.79. The van der Waals surface area contributed by atoms with E-state index in [9.17, 15) is 8.42 Å². The molecule has 0 radical (unpaired) electrons. The van der Waals surface area contributed by atoms with Crippen LogP contribution in [0.1, 0.15) is 24.6 Å². The smallest absolute Gasteiger partial charge is 0.316 e. The summed E-state index contributed by atoms with van der Waals surface area (Å²) in [4.78, 5) is 9.14. The first-order chi connectivity index (χ1) is 11.6. The zero-order valence-corrected chi connectivity index (χ0v) is 15.2. The van der Waals surface area contributed by atoms with E-state index in [0.717, 1.165) is 24.1 Å². The predicted octanol–water partition coefficient (Wildman–Crippen LogP) is 2.58. The maximum absolute atomic E-state index is 12.8. The Hall–Kier alpha value is -1.51. The summed E-state index contributed by atoms with van der Waals surface area (Å²) in [6.45, 7) is 3.51. The fourth-order valence-corrected chi connectivity index (χ4v) is 5.75. The standard InChI is InChI=1S/C16H21N3O3S2/c1-2-14-6-7-15(23-14)24(20,21)19-10-3-5-13(11-19)12-22-16-17-8-4-9-18-16/h4,6-9,13H,2-3,5,10-12H2,1H3. The van der Waals surface area contributed by atoms with Crippen LogP contribution < -0.4 is 4.74 Å². The Balaban J connectivity index is 1.64. The summed E-state index contributed by atoms with van der Waals surface area (Å²) in [5, 5.41) is 0. The molecule has 0 aromatic carbocycles. The monoisotopic (exact) mass is 367 g/mol. The number of hydrogen-bond acceptors (Lipinski definition) is 6. The van der Waals surface area contributed by atoms with E-state index >= 15 is 0 Å². The van der Waals surface area contributed by atoms with E-state index in [1.54, 1.807) is 28.8 Å². The molecule has 0 bridgehead atoms. The van der Waals surface area contributed by atoms with Gasteiger partial charge in [0.15, 0.2) is 0 Å². The number of hydrogen-bond donors (Lipinski definition) is 0. The Morgan fingerprint density at radius 3 is 2.83 bits per heavy atom. The van der Waals surface area contributed by atoms with Gasteiger partial charge in [0.25, 0.3) is 10.0 Å². The molecule has 1 aliphatic heterocycles. The lowest BCUT2D eigenvalue weighted by molar-refractivity contribution is 0.171. The molecule has 0 spiro atoms. The third-order valence-corrected chi connectivity index (χ3v) is 7.61. The molecule has 1 fully saturated rings. The van der Waals surface area contributed by atoms with Crippen LogP contribution in [0, 0.1) is 5.92 Å². The van der Waals surface area contributed by atoms with Gasteiger partial charge in [0.1, 0.15) is 4.21 Å². The van der Waals surface area contributed by atoms with Gasteiger partial charge < -0.3 is 4.74 Å². The molecule has 24 heavy (non-hydrogen) atoms. The van der Waals surface area contributed by atoms with Crippen LogP contribution in [-0.2, 0) is 16.4 Å². The number of thiophene rings is 1. The van der Waals surface area contributed by atoms with Crippen molar-refractivity contribution < 1.29 is 13.2 Å². The summed E-state index contributed by atoms with van der Waals surface area (Å²) in [7, 11) is -3.40. The molecular weight excluding hydrogens is 346 g/mol. The number of aromatic nitrogens is 2. The third-order valence-electron chi connectivity index (χ3n) is 4.05. The highest BCUT2D eigenvalue weighted by atomic mass is 32.2. The van der Waals surface area contributed by atoms with Crippen molar-refractivity contribution in [2.75, 3.05) is 19.7 Å². The maximum atomic E-state index is 12.8. The van der Waals surface area contributed by atoms with Crippen molar-refractivity contribution in [1.82, 2.24) is 14.3 Å². The molecule has 1 saturated heterocycles. The van der Waals surface area contributed by atoms with Crippen LogP contribution >= 0.6 is 11.3 Å². The van der Waals surface area contributed by atoms with Gasteiger partial charge in [-0.3, -0.25) is 0 Å². The summed E-state index contributed by atoms with van der Waals surface area (Å²) < 4.78 is 33.2. The maximum Gasteiger partial charge on any atom is 0.316 e. The molecule has 1 aliphatic rings. The fraction of sp³-hybridized carbons (Fsp3) is 0.500. The van der Waals surface area contributed by atoms with Crippen molar-refractivity contribution in [2.45, 2.75) is 30.4 Å². The molecule has 3 rings (SSSR count). The Kier molecular flexibility index (Phi) is 5.47. The van der Waals surface area contributed by atoms with Gasteiger partial charge in [0.2, 0.25) is 0 Å². The summed E-state index contributed by atoms with van der Waals surface area (Å²) in [6.07, 6.45) is 5.90. The topological polar surface area (TPSA) is 72.4 Å². The summed E-state index contributed by atoms with van der Waals surface area (Å²) in [6, 6.07) is 5.68. The number of piperidine rings is 1. The largest absolute Gasteiger partial charge is 0.463 e. The number of sulfonamides is 1. The van der Waals surface area contributed by atoms with E-state index in [4.69, 9.17) is 4.74 Å². The van der Waals surface area contributed by atoms with Gasteiger partial charge in [-0.2, -0.15) is 4.31 Å². The fourth-order valence-electron chi connectivity index (χ4n) is 2.75. The van der Waals surface area contributed by atoms with Gasteiger partial charge in [0, 0.05) is 36.3 Å². The van der Waals surface area contributed by atoms with Crippen molar-refractivity contribution in [3.8, 4) is 6.01 Å². The van der Waals surface area contributed by atoms with Gasteiger partial charge in [0.05, 0.1) is 6.61 Å². The molecular formula is C16H21N3O3S2. The van der Waals surface area contributed by atoms with E-state index in [1.807, 2.05) is 13.0 Å². The van der Waals surface area contributed by atoms with E-state index < -0.39 is 10.0 Å². The Morgan fingerprint density at radius 1 is 1.33 bits per heavy atom. The lowest BCUT2D eigenvalue weighted by atomic mass is 10.0. The average molecular weight is 367 g/mol. The first-order valence-electron chi connectivity index (χ1n) is 8.08. The second-order valence-corrected chi connectivity index (χ2v) is 9.12. The van der Waals surface area contributed by atoms with Crippen molar-refractivity contribution in [3.63, 3.8) is 0 Å². The van der Waals surface area contributed by atoms with Crippen molar-refractivity contribution in [3.05, 3.63) is 35.5 Å². The lowest BCUT2D eigenvalue weighted by Gasteiger charge is -2.31. The molecule has 0 saturated carbocycles. The summed E-state index contributed by atoms with van der Waals surface area (Å²) >= 11 is 1.36. The number of ether oxygens (including phenoxy) is 1. The third kappa shape index (κ3) is 3.93. The van der Waals surface area contributed by atoms with Crippen molar-refractivity contribution in [1.29, 1.82) is 0 Å². The molecule has 130 valence electrons. The molecule has 2 aromatic rings. The molecule has 0 N–H and O–H groups in total. The Morgan fingerprint density at radius 2 is 2.12 bits per heavy atom. The molecule has 1 unspecified atom stereocenters. The van der Waals surface area contributed by atoms with Gasteiger partial charge in [-0.25, -0.2) is 18.4 Å². The SMILES string of the molecule is CCc1ccc(S(=O)(=O)N2CCCC(COc3ncccn3)C2)s1. The quantitative estimate of drug-likeness (QED) is 0.785. The highest BCUT2D eigenvalue weighted by molar-refractivity contribution is 7.91.